The van der Waals surface area contributed by atoms with Crippen molar-refractivity contribution in [3.05, 3.63) is 60.2 Å². The molecule has 20 heavy (non-hydrogen) atoms. The molecule has 3 aromatic rings. The number of nitrogens with zero attached hydrogens (tertiary/aromatic N) is 2. The molecule has 0 amide bonds. The molecule has 0 bridgehead atoms. The Balaban J connectivity index is 2.09. The second-order valence-electron chi connectivity index (χ2n) is 4.55. The zero-order chi connectivity index (χ0) is 13.9. The van der Waals surface area contributed by atoms with Crippen molar-refractivity contribution < 1.29 is 3.96 Å². The average Bonchev–Trinajstić information content (AvgIpc) is 2.90. The van der Waals surface area contributed by atoms with Crippen molar-refractivity contribution in [2.24, 2.45) is 0 Å². The Morgan fingerprint density at radius 1 is 1.05 bits per heavy atom. The molecule has 1 aromatic heterocycles. The summed E-state index contributed by atoms with van der Waals surface area (Å²) in [5, 5.41) is 0.573. The molecule has 2 N–H and O–H groups in total. The second kappa shape index (κ2) is 5.43. The Bertz CT molecular complexity index is 702. The van der Waals surface area contributed by atoms with E-state index in [2.05, 4.69) is 40.1 Å². The van der Waals surface area contributed by atoms with Crippen LogP contribution in [0, 0.1) is 0 Å². The minimum absolute atomic E-state index is 0.573. The molecule has 3 nitrogen and oxygen atoms in total. The third-order valence-corrected chi connectivity index (χ3v) is 4.05. The molecule has 3 rings (SSSR count). The van der Waals surface area contributed by atoms with Gasteiger partial charge in [0.2, 0.25) is 0 Å². The van der Waals surface area contributed by atoms with Gasteiger partial charge in [-0.3, -0.25) is 0 Å². The minimum Gasteiger partial charge on any atom is -0.351 e. The van der Waals surface area contributed by atoms with E-state index >= 15 is 0 Å². The van der Waals surface area contributed by atoms with Gasteiger partial charge < -0.3 is 5.73 Å². The molecule has 100 valence electrons. The van der Waals surface area contributed by atoms with Gasteiger partial charge >= 0.3 is 11.0 Å². The molecule has 0 saturated heterocycles. The summed E-state index contributed by atoms with van der Waals surface area (Å²) >= 11 is 1.46. The first-order valence-corrected chi connectivity index (χ1v) is 7.39. The van der Waals surface area contributed by atoms with Gasteiger partial charge in [-0.2, -0.15) is 0 Å². The molecular formula is C16H16N3S+. The first-order chi connectivity index (χ1) is 9.78. The molecule has 1 heterocycles. The number of aromatic nitrogens is 2. The van der Waals surface area contributed by atoms with Gasteiger partial charge in [0.25, 0.3) is 0 Å². The Morgan fingerprint density at radius 2 is 1.75 bits per heavy atom. The highest BCUT2D eigenvalue weighted by atomic mass is 32.1. The SMILES string of the molecule is CCc1ccc(-[n+]2sc(N)nc2-c2ccccc2)cc1. The van der Waals surface area contributed by atoms with Crippen LogP contribution >= 0.6 is 11.5 Å². The van der Waals surface area contributed by atoms with E-state index in [9.17, 15) is 0 Å². The number of anilines is 1. The highest BCUT2D eigenvalue weighted by molar-refractivity contribution is 7.05. The van der Waals surface area contributed by atoms with Crippen molar-refractivity contribution in [2.75, 3.05) is 5.73 Å². The maximum absolute atomic E-state index is 5.90. The quantitative estimate of drug-likeness (QED) is 0.749. The summed E-state index contributed by atoms with van der Waals surface area (Å²) in [6.45, 7) is 2.15. The van der Waals surface area contributed by atoms with E-state index in [0.717, 1.165) is 23.5 Å². The van der Waals surface area contributed by atoms with E-state index < -0.39 is 0 Å². The fourth-order valence-corrected chi connectivity index (χ4v) is 2.89. The molecule has 0 spiro atoms. The maximum Gasteiger partial charge on any atom is 0.350 e. The molecule has 0 saturated carbocycles. The highest BCUT2D eigenvalue weighted by Gasteiger charge is 2.22. The molecule has 0 atom stereocenters. The number of aryl methyl sites for hydroxylation is 1. The summed E-state index contributed by atoms with van der Waals surface area (Å²) in [7, 11) is 0. The lowest BCUT2D eigenvalue weighted by Crippen LogP contribution is -2.28. The molecule has 0 radical (unpaired) electrons. The van der Waals surface area contributed by atoms with Crippen LogP contribution in [0.25, 0.3) is 17.1 Å². The largest absolute Gasteiger partial charge is 0.351 e. The van der Waals surface area contributed by atoms with Crippen LogP contribution in [0.2, 0.25) is 0 Å². The van der Waals surface area contributed by atoms with Crippen molar-refractivity contribution in [1.82, 2.24) is 4.98 Å². The van der Waals surface area contributed by atoms with Crippen LogP contribution in [-0.4, -0.2) is 4.98 Å². The number of nitrogens with two attached hydrogens (primary N) is 1. The Morgan fingerprint density at radius 3 is 2.40 bits per heavy atom. The fraction of sp³-hybridized carbons (Fsp3) is 0.125. The number of hydrogen-bond donors (Lipinski definition) is 1. The summed E-state index contributed by atoms with van der Waals surface area (Å²) in [5.74, 6) is 0.886. The van der Waals surface area contributed by atoms with Crippen LogP contribution < -0.4 is 9.69 Å². The first kappa shape index (κ1) is 12.8. The van der Waals surface area contributed by atoms with Crippen LogP contribution in [0.3, 0.4) is 0 Å². The second-order valence-corrected chi connectivity index (χ2v) is 5.51. The standard InChI is InChI=1S/C16H15N3S/c1-2-12-8-10-14(11-9-12)19-15(18-16(17)20-19)13-6-4-3-5-7-13/h3-11,17H,2H2,1H3/p+1. The molecule has 0 unspecified atom stereocenters. The minimum atomic E-state index is 0.573. The lowest BCUT2D eigenvalue weighted by Gasteiger charge is -1.99. The normalized spacial score (nSPS) is 10.7. The van der Waals surface area contributed by atoms with Gasteiger partial charge in [-0.1, -0.05) is 37.3 Å². The monoisotopic (exact) mass is 282 g/mol. The van der Waals surface area contributed by atoms with Crippen LogP contribution in [0.1, 0.15) is 12.5 Å². The molecule has 2 aromatic carbocycles. The predicted octanol–water partition coefficient (Wildman–Crippen LogP) is 3.23. The summed E-state index contributed by atoms with van der Waals surface area (Å²) in [6.07, 6.45) is 1.04. The summed E-state index contributed by atoms with van der Waals surface area (Å²) in [5.41, 5.74) is 9.39. The Hall–Kier alpha value is -2.20. The van der Waals surface area contributed by atoms with Crippen LogP contribution in [0.4, 0.5) is 5.13 Å². The van der Waals surface area contributed by atoms with E-state index in [1.54, 1.807) is 0 Å². The summed E-state index contributed by atoms with van der Waals surface area (Å²) < 4.78 is 2.07. The molecule has 0 fully saturated rings. The van der Waals surface area contributed by atoms with Gasteiger partial charge in [-0.05, 0) is 41.2 Å². The highest BCUT2D eigenvalue weighted by Crippen LogP contribution is 2.20. The van der Waals surface area contributed by atoms with E-state index in [1.807, 2.05) is 30.3 Å². The number of nitrogen functional groups attached to an aromatic ring is 1. The van der Waals surface area contributed by atoms with E-state index in [4.69, 9.17) is 5.73 Å². The van der Waals surface area contributed by atoms with Gasteiger partial charge in [-0.25, -0.2) is 0 Å². The topological polar surface area (TPSA) is 42.8 Å². The van der Waals surface area contributed by atoms with Gasteiger partial charge in [0.15, 0.2) is 0 Å². The number of hydrogen-bond acceptors (Lipinski definition) is 3. The molecule has 0 aliphatic carbocycles. The van der Waals surface area contributed by atoms with E-state index in [-0.39, 0.29) is 0 Å². The van der Waals surface area contributed by atoms with Crippen molar-refractivity contribution in [2.45, 2.75) is 13.3 Å². The summed E-state index contributed by atoms with van der Waals surface area (Å²) in [4.78, 5) is 4.46. The number of benzene rings is 2. The van der Waals surface area contributed by atoms with Crippen molar-refractivity contribution >= 4 is 16.7 Å². The van der Waals surface area contributed by atoms with E-state index in [0.29, 0.717) is 5.13 Å². The third-order valence-electron chi connectivity index (χ3n) is 3.20. The smallest absolute Gasteiger partial charge is 0.350 e. The average molecular weight is 282 g/mol. The fourth-order valence-electron chi connectivity index (χ4n) is 2.12. The lowest BCUT2D eigenvalue weighted by molar-refractivity contribution is -0.509. The Labute approximate surface area is 122 Å². The third kappa shape index (κ3) is 2.42. The van der Waals surface area contributed by atoms with Crippen LogP contribution in [0.15, 0.2) is 54.6 Å². The zero-order valence-corrected chi connectivity index (χ0v) is 12.1. The molecule has 0 aliphatic heterocycles. The maximum atomic E-state index is 5.90. The van der Waals surface area contributed by atoms with Crippen molar-refractivity contribution in [3.63, 3.8) is 0 Å². The molecule has 4 heteroatoms. The van der Waals surface area contributed by atoms with Crippen molar-refractivity contribution in [1.29, 1.82) is 0 Å². The van der Waals surface area contributed by atoms with Crippen LogP contribution in [-0.2, 0) is 6.42 Å². The van der Waals surface area contributed by atoms with Gasteiger partial charge in [0, 0.05) is 0 Å². The predicted molar refractivity (Wildman–Crippen MR) is 82.9 cm³/mol. The van der Waals surface area contributed by atoms with Crippen LogP contribution in [0.5, 0.6) is 0 Å². The van der Waals surface area contributed by atoms with Gasteiger partial charge in [0.1, 0.15) is 17.2 Å². The molecule has 0 aliphatic rings. The lowest BCUT2D eigenvalue weighted by atomic mass is 10.1. The number of rotatable bonds is 3. The zero-order valence-electron chi connectivity index (χ0n) is 11.3. The Kier molecular flexibility index (Phi) is 3.48. The molecular weight excluding hydrogens is 266 g/mol. The summed E-state index contributed by atoms with van der Waals surface area (Å²) in [6, 6.07) is 18.6. The van der Waals surface area contributed by atoms with Crippen molar-refractivity contribution in [3.8, 4) is 17.1 Å². The van der Waals surface area contributed by atoms with Gasteiger partial charge in [-0.15, -0.1) is 3.96 Å². The first-order valence-electron chi connectivity index (χ1n) is 6.61. The van der Waals surface area contributed by atoms with E-state index in [1.165, 1.54) is 17.1 Å². The van der Waals surface area contributed by atoms with Gasteiger partial charge in [0.05, 0.1) is 5.56 Å².